The van der Waals surface area contributed by atoms with Crippen LogP contribution in [0.1, 0.15) is 17.5 Å². The number of fused-ring (bicyclic) bond motifs is 1. The third-order valence-corrected chi connectivity index (χ3v) is 4.60. The Labute approximate surface area is 159 Å². The summed E-state index contributed by atoms with van der Waals surface area (Å²) in [5, 5.41) is 39.9. The van der Waals surface area contributed by atoms with Gasteiger partial charge in [-0.25, -0.2) is 9.97 Å². The minimum absolute atomic E-state index is 0.0255. The summed E-state index contributed by atoms with van der Waals surface area (Å²) in [7, 11) is 0. The van der Waals surface area contributed by atoms with Crippen molar-refractivity contribution in [1.29, 1.82) is 0 Å². The van der Waals surface area contributed by atoms with E-state index in [1.54, 1.807) is 24.3 Å². The molecule has 0 radical (unpaired) electrons. The monoisotopic (exact) mass is 385 g/mol. The average molecular weight is 385 g/mol. The molecule has 146 valence electrons. The van der Waals surface area contributed by atoms with Gasteiger partial charge in [0, 0.05) is 11.6 Å². The number of nitrogens with two attached hydrogens (primary N) is 1. The first-order chi connectivity index (χ1) is 13.5. The highest BCUT2D eigenvalue weighted by Crippen LogP contribution is 2.32. The summed E-state index contributed by atoms with van der Waals surface area (Å²) >= 11 is 0. The number of nitrogen functional groups attached to an aromatic ring is 1. The van der Waals surface area contributed by atoms with Gasteiger partial charge in [0.05, 0.1) is 12.9 Å². The Hall–Kier alpha value is -3.05. The topological polar surface area (TPSA) is 160 Å². The number of rotatable bonds is 4. The lowest BCUT2D eigenvalue weighted by Crippen LogP contribution is -2.33. The molecular formula is C18H19N5O5. The quantitative estimate of drug-likeness (QED) is 0.392. The smallest absolute Gasteiger partial charge is 0.222 e. The maximum absolute atomic E-state index is 10.4. The van der Waals surface area contributed by atoms with Gasteiger partial charge in [0.2, 0.25) is 5.95 Å². The SMILES string of the molecule is Nc1nc(/C=C(/O)c2ccccc2)c2ncn(C3OC(CO)C(O)C3O)c2n1. The van der Waals surface area contributed by atoms with Gasteiger partial charge in [-0.15, -0.1) is 0 Å². The van der Waals surface area contributed by atoms with Crippen LogP contribution in [0.5, 0.6) is 0 Å². The van der Waals surface area contributed by atoms with Crippen LogP contribution in [0.3, 0.4) is 0 Å². The Morgan fingerprint density at radius 1 is 1.18 bits per heavy atom. The van der Waals surface area contributed by atoms with E-state index in [1.807, 2.05) is 6.07 Å². The fourth-order valence-electron chi connectivity index (χ4n) is 3.17. The van der Waals surface area contributed by atoms with Crippen LogP contribution in [0.2, 0.25) is 0 Å². The van der Waals surface area contributed by atoms with Crippen molar-refractivity contribution in [3.8, 4) is 0 Å². The molecule has 1 aliphatic rings. The molecule has 3 aromatic rings. The second kappa shape index (κ2) is 7.17. The molecule has 0 aliphatic carbocycles. The Morgan fingerprint density at radius 3 is 2.61 bits per heavy atom. The van der Waals surface area contributed by atoms with Gasteiger partial charge in [-0.1, -0.05) is 30.3 Å². The molecule has 2 aromatic heterocycles. The Kier molecular flexibility index (Phi) is 4.69. The van der Waals surface area contributed by atoms with Crippen molar-refractivity contribution in [2.45, 2.75) is 24.5 Å². The number of ether oxygens (including phenoxy) is 1. The normalized spacial score (nSPS) is 25.5. The summed E-state index contributed by atoms with van der Waals surface area (Å²) in [5.41, 5.74) is 7.28. The van der Waals surface area contributed by atoms with E-state index in [0.29, 0.717) is 11.1 Å². The number of hydrogen-bond donors (Lipinski definition) is 5. The standard InChI is InChI=1S/C18H19N5O5/c19-18-21-10(6-11(25)9-4-2-1-3-5-9)13-16(22-18)23(8-20-13)17-15(27)14(26)12(7-24)28-17/h1-6,8,12,14-15,17,24-27H,7H2,(H2,19,21,22)/b11-6+. The predicted octanol–water partition coefficient (Wildman–Crippen LogP) is 0.0761. The molecule has 0 saturated carbocycles. The van der Waals surface area contributed by atoms with Gasteiger partial charge < -0.3 is 30.9 Å². The minimum Gasteiger partial charge on any atom is -0.507 e. The average Bonchev–Trinajstić information content (AvgIpc) is 3.23. The molecule has 10 nitrogen and oxygen atoms in total. The van der Waals surface area contributed by atoms with Crippen LogP contribution >= 0.6 is 0 Å². The molecule has 3 heterocycles. The lowest BCUT2D eigenvalue weighted by atomic mass is 10.1. The molecule has 1 fully saturated rings. The van der Waals surface area contributed by atoms with Crippen molar-refractivity contribution in [2.24, 2.45) is 0 Å². The summed E-state index contributed by atoms with van der Waals surface area (Å²) in [6, 6.07) is 8.90. The first-order valence-corrected chi connectivity index (χ1v) is 8.58. The molecule has 6 N–H and O–H groups in total. The van der Waals surface area contributed by atoms with Gasteiger partial charge in [-0.3, -0.25) is 4.57 Å². The van der Waals surface area contributed by atoms with Gasteiger partial charge >= 0.3 is 0 Å². The number of aliphatic hydroxyl groups is 4. The summed E-state index contributed by atoms with van der Waals surface area (Å²) < 4.78 is 6.94. The molecule has 10 heteroatoms. The van der Waals surface area contributed by atoms with Crippen LogP contribution in [0.15, 0.2) is 36.7 Å². The van der Waals surface area contributed by atoms with Crippen LogP contribution < -0.4 is 5.73 Å². The molecule has 0 spiro atoms. The summed E-state index contributed by atoms with van der Waals surface area (Å²) in [6.07, 6.45) is -1.69. The van der Waals surface area contributed by atoms with Crippen LogP contribution in [0.25, 0.3) is 23.0 Å². The van der Waals surface area contributed by atoms with E-state index in [0.717, 1.165) is 0 Å². The van der Waals surface area contributed by atoms with E-state index in [1.165, 1.54) is 17.0 Å². The Morgan fingerprint density at radius 2 is 1.93 bits per heavy atom. The number of benzene rings is 1. The number of anilines is 1. The number of aromatic nitrogens is 4. The summed E-state index contributed by atoms with van der Waals surface area (Å²) in [4.78, 5) is 12.5. The second-order valence-corrected chi connectivity index (χ2v) is 6.42. The number of nitrogens with zero attached hydrogens (tertiary/aromatic N) is 4. The highest BCUT2D eigenvalue weighted by molar-refractivity contribution is 5.87. The molecular weight excluding hydrogens is 366 g/mol. The molecule has 1 saturated heterocycles. The zero-order chi connectivity index (χ0) is 19.8. The van der Waals surface area contributed by atoms with Crippen molar-refractivity contribution >= 4 is 28.9 Å². The molecule has 1 aliphatic heterocycles. The van der Waals surface area contributed by atoms with Gasteiger partial charge in [-0.2, -0.15) is 4.98 Å². The van der Waals surface area contributed by atoms with Crippen molar-refractivity contribution in [3.05, 3.63) is 47.9 Å². The van der Waals surface area contributed by atoms with Crippen molar-refractivity contribution in [2.75, 3.05) is 12.3 Å². The maximum Gasteiger partial charge on any atom is 0.222 e. The molecule has 1 aromatic carbocycles. The summed E-state index contributed by atoms with van der Waals surface area (Å²) in [6.45, 7) is -0.447. The fraction of sp³-hybridized carbons (Fsp3) is 0.278. The van der Waals surface area contributed by atoms with E-state index in [2.05, 4.69) is 15.0 Å². The van der Waals surface area contributed by atoms with Crippen LogP contribution in [0, 0.1) is 0 Å². The van der Waals surface area contributed by atoms with E-state index < -0.39 is 31.1 Å². The van der Waals surface area contributed by atoms with Crippen molar-refractivity contribution < 1.29 is 25.2 Å². The van der Waals surface area contributed by atoms with Crippen LogP contribution in [-0.4, -0.2) is 64.9 Å². The van der Waals surface area contributed by atoms with E-state index in [-0.39, 0.29) is 23.0 Å². The number of hydrogen-bond acceptors (Lipinski definition) is 9. The summed E-state index contributed by atoms with van der Waals surface area (Å²) in [5.74, 6) is -0.0874. The van der Waals surface area contributed by atoms with Gasteiger partial charge in [0.25, 0.3) is 0 Å². The fourth-order valence-corrected chi connectivity index (χ4v) is 3.17. The van der Waals surface area contributed by atoms with Gasteiger partial charge in [-0.05, 0) is 0 Å². The molecule has 0 bridgehead atoms. The molecule has 4 rings (SSSR count). The number of imidazole rings is 1. The second-order valence-electron chi connectivity index (χ2n) is 6.42. The van der Waals surface area contributed by atoms with E-state index >= 15 is 0 Å². The Balaban J connectivity index is 1.78. The lowest BCUT2D eigenvalue weighted by molar-refractivity contribution is -0.0511. The third kappa shape index (κ3) is 3.08. The third-order valence-electron chi connectivity index (χ3n) is 4.60. The maximum atomic E-state index is 10.4. The highest BCUT2D eigenvalue weighted by Gasteiger charge is 2.44. The molecule has 4 unspecified atom stereocenters. The van der Waals surface area contributed by atoms with E-state index in [4.69, 9.17) is 10.5 Å². The van der Waals surface area contributed by atoms with Crippen LogP contribution in [0.4, 0.5) is 5.95 Å². The largest absolute Gasteiger partial charge is 0.507 e. The predicted molar refractivity (Wildman–Crippen MR) is 99.7 cm³/mol. The minimum atomic E-state index is -1.29. The Bertz CT molecular complexity index is 1020. The molecule has 0 amide bonds. The van der Waals surface area contributed by atoms with Gasteiger partial charge in [0.15, 0.2) is 11.9 Å². The zero-order valence-corrected chi connectivity index (χ0v) is 14.6. The first kappa shape index (κ1) is 18.3. The van der Waals surface area contributed by atoms with Gasteiger partial charge in [0.1, 0.15) is 35.3 Å². The lowest BCUT2D eigenvalue weighted by Gasteiger charge is -2.16. The highest BCUT2D eigenvalue weighted by atomic mass is 16.6. The zero-order valence-electron chi connectivity index (χ0n) is 14.6. The van der Waals surface area contributed by atoms with E-state index in [9.17, 15) is 20.4 Å². The van der Waals surface area contributed by atoms with Crippen LogP contribution in [-0.2, 0) is 4.74 Å². The number of aliphatic hydroxyl groups excluding tert-OH is 4. The van der Waals surface area contributed by atoms with Crippen molar-refractivity contribution in [1.82, 2.24) is 19.5 Å². The molecule has 28 heavy (non-hydrogen) atoms. The molecule has 4 atom stereocenters. The first-order valence-electron chi connectivity index (χ1n) is 8.58. The van der Waals surface area contributed by atoms with Crippen molar-refractivity contribution in [3.63, 3.8) is 0 Å².